The Kier molecular flexibility index (Phi) is 10.1. The Bertz CT molecular complexity index is 1710. The fourth-order valence-corrected chi connectivity index (χ4v) is 6.62. The lowest BCUT2D eigenvalue weighted by Gasteiger charge is -2.39. The highest BCUT2D eigenvalue weighted by Crippen LogP contribution is 2.33. The van der Waals surface area contributed by atoms with Crippen LogP contribution in [-0.4, -0.2) is 82.0 Å². The molecule has 0 unspecified atom stereocenters. The molecule has 5 rings (SSSR count). The first kappa shape index (κ1) is 32.5. The first-order valence-electron chi connectivity index (χ1n) is 14.8. The number of aromatic nitrogens is 1. The molecule has 1 aliphatic carbocycles. The summed E-state index contributed by atoms with van der Waals surface area (Å²) in [5.41, 5.74) is 1.87. The summed E-state index contributed by atoms with van der Waals surface area (Å²) < 4.78 is 77.0. The van der Waals surface area contributed by atoms with Gasteiger partial charge in [-0.05, 0) is 61.9 Å². The van der Waals surface area contributed by atoms with Gasteiger partial charge in [-0.2, -0.15) is 13.2 Å². The van der Waals surface area contributed by atoms with Crippen molar-refractivity contribution in [1.82, 2.24) is 9.47 Å². The van der Waals surface area contributed by atoms with Crippen LogP contribution in [0.1, 0.15) is 31.4 Å². The molecule has 0 spiro atoms. The van der Waals surface area contributed by atoms with Gasteiger partial charge in [0.15, 0.2) is 15.6 Å². The molecule has 45 heavy (non-hydrogen) atoms. The number of hydrogen-bond donors (Lipinski definition) is 2. The Morgan fingerprint density at radius 1 is 1.09 bits per heavy atom. The standard InChI is InChI=1S/C32H36F3N5O4S/c1-36-22-44-31-20-26(45(2,41)42)12-13-29(31)37-14-4-5-25-19-27-28(6-3-7-30(27)40(25)21-32(33,34)35)38-23-8-10-24(11-9-23)39-15-17-43-18-16-39/h3,6-7,12-13,19-20,23-24,37-38H,8-11,14-18,21-22H2,2H3. The van der Waals surface area contributed by atoms with Gasteiger partial charge in [-0.3, -0.25) is 9.74 Å². The first-order valence-corrected chi connectivity index (χ1v) is 16.7. The molecule has 2 heterocycles. The molecular weight excluding hydrogens is 607 g/mol. The van der Waals surface area contributed by atoms with E-state index in [2.05, 4.69) is 32.2 Å². The zero-order valence-electron chi connectivity index (χ0n) is 25.0. The number of nitrogens with zero attached hydrogens (tertiary/aromatic N) is 3. The zero-order valence-corrected chi connectivity index (χ0v) is 25.8. The first-order chi connectivity index (χ1) is 21.5. The number of alkyl halides is 3. The monoisotopic (exact) mass is 643 g/mol. The van der Waals surface area contributed by atoms with Gasteiger partial charge in [0.1, 0.15) is 6.54 Å². The molecule has 2 aromatic carbocycles. The largest absolute Gasteiger partial charge is 0.424 e. The Hall–Kier alpha value is -3.91. The van der Waals surface area contributed by atoms with Gasteiger partial charge in [-0.15, -0.1) is 0 Å². The molecule has 1 saturated heterocycles. The highest BCUT2D eigenvalue weighted by atomic mass is 32.2. The van der Waals surface area contributed by atoms with Crippen molar-refractivity contribution in [2.45, 2.75) is 55.4 Å². The number of nitrogens with one attached hydrogen (secondary N) is 2. The van der Waals surface area contributed by atoms with E-state index in [0.29, 0.717) is 22.6 Å². The zero-order chi connectivity index (χ0) is 32.0. The maximum absolute atomic E-state index is 13.7. The van der Waals surface area contributed by atoms with Gasteiger partial charge in [0.2, 0.25) is 0 Å². The maximum atomic E-state index is 13.7. The van der Waals surface area contributed by atoms with Crippen molar-refractivity contribution >= 4 is 32.1 Å². The van der Waals surface area contributed by atoms with Crippen molar-refractivity contribution in [3.63, 3.8) is 0 Å². The SMILES string of the molecule is [C-]#[N+]COc1cc(S(C)(=O)=O)ccc1NCC#Cc1cc2c(NC3CCC(N4CCOCC4)CC3)cccc2n1CC(F)(F)F. The van der Waals surface area contributed by atoms with E-state index in [4.69, 9.17) is 16.0 Å². The Labute approximate surface area is 261 Å². The molecule has 0 amide bonds. The van der Waals surface area contributed by atoms with Gasteiger partial charge in [-0.25, -0.2) is 15.0 Å². The Balaban J connectivity index is 1.33. The highest BCUT2D eigenvalue weighted by molar-refractivity contribution is 7.90. The number of sulfone groups is 1. The van der Waals surface area contributed by atoms with Crippen molar-refractivity contribution in [3.05, 3.63) is 59.6 Å². The summed E-state index contributed by atoms with van der Waals surface area (Å²) in [6.07, 6.45) is 0.706. The number of hydrogen-bond acceptors (Lipinski definition) is 7. The van der Waals surface area contributed by atoms with Crippen molar-refractivity contribution < 1.29 is 31.1 Å². The summed E-state index contributed by atoms with van der Waals surface area (Å²) in [5.74, 6) is 5.94. The quantitative estimate of drug-likeness (QED) is 0.239. The lowest BCUT2D eigenvalue weighted by atomic mass is 9.89. The minimum Gasteiger partial charge on any atom is -0.424 e. The third kappa shape index (κ3) is 8.42. The van der Waals surface area contributed by atoms with Crippen LogP contribution in [0.5, 0.6) is 5.75 Å². The number of halogens is 3. The molecule has 1 saturated carbocycles. The molecule has 0 radical (unpaired) electrons. The molecule has 0 bridgehead atoms. The normalized spacial score (nSPS) is 19.4. The summed E-state index contributed by atoms with van der Waals surface area (Å²) in [5, 5.41) is 7.30. The minimum absolute atomic E-state index is 0.0327. The predicted molar refractivity (Wildman–Crippen MR) is 167 cm³/mol. The minimum atomic E-state index is -4.45. The van der Waals surface area contributed by atoms with Gasteiger partial charge in [0.25, 0.3) is 0 Å². The molecule has 13 heteroatoms. The molecule has 1 aromatic heterocycles. The molecule has 9 nitrogen and oxygen atoms in total. The van der Waals surface area contributed by atoms with E-state index in [0.717, 1.165) is 63.9 Å². The number of benzene rings is 2. The van der Waals surface area contributed by atoms with E-state index < -0.39 is 22.6 Å². The van der Waals surface area contributed by atoms with Crippen LogP contribution in [0.15, 0.2) is 47.4 Å². The van der Waals surface area contributed by atoms with Crippen LogP contribution < -0.4 is 15.4 Å². The third-order valence-electron chi connectivity index (χ3n) is 8.15. The van der Waals surface area contributed by atoms with Crippen LogP contribution in [0.25, 0.3) is 15.7 Å². The van der Waals surface area contributed by atoms with Crippen LogP contribution in [0, 0.1) is 18.4 Å². The average Bonchev–Trinajstić information content (AvgIpc) is 3.35. The molecule has 0 atom stereocenters. The van der Waals surface area contributed by atoms with E-state index in [1.54, 1.807) is 18.2 Å². The topological polar surface area (TPSA) is 89.2 Å². The maximum Gasteiger partial charge on any atom is 0.406 e. The lowest BCUT2D eigenvalue weighted by molar-refractivity contribution is -0.140. The molecule has 2 fully saturated rings. The molecule has 2 aliphatic rings. The van der Waals surface area contributed by atoms with Gasteiger partial charge in [0.05, 0.1) is 41.6 Å². The third-order valence-corrected chi connectivity index (χ3v) is 9.26. The van der Waals surface area contributed by atoms with Crippen molar-refractivity contribution in [1.29, 1.82) is 0 Å². The second-order valence-corrected chi connectivity index (χ2v) is 13.3. The van der Waals surface area contributed by atoms with Gasteiger partial charge in [0, 0.05) is 48.6 Å². The van der Waals surface area contributed by atoms with Crippen LogP contribution >= 0.6 is 0 Å². The molecular formula is C32H36F3N5O4S. The van der Waals surface area contributed by atoms with Crippen LogP contribution in [0.4, 0.5) is 24.5 Å². The average molecular weight is 644 g/mol. The number of morpholine rings is 1. The number of rotatable bonds is 9. The molecule has 1 aliphatic heterocycles. The van der Waals surface area contributed by atoms with E-state index >= 15 is 0 Å². The van der Waals surface area contributed by atoms with Gasteiger partial charge in [-0.1, -0.05) is 12.0 Å². The fourth-order valence-electron chi connectivity index (χ4n) is 5.99. The fraction of sp³-hybridized carbons (Fsp3) is 0.469. The van der Waals surface area contributed by atoms with E-state index in [1.165, 1.54) is 22.8 Å². The summed E-state index contributed by atoms with van der Waals surface area (Å²) in [4.78, 5) is 5.68. The van der Waals surface area contributed by atoms with Crippen molar-refractivity contribution in [2.75, 3.05) is 56.5 Å². The lowest BCUT2D eigenvalue weighted by Crippen LogP contribution is -2.46. The highest BCUT2D eigenvalue weighted by Gasteiger charge is 2.31. The Morgan fingerprint density at radius 2 is 1.84 bits per heavy atom. The van der Waals surface area contributed by atoms with Gasteiger partial charge < -0.3 is 24.7 Å². The number of ether oxygens (including phenoxy) is 2. The summed E-state index contributed by atoms with van der Waals surface area (Å²) in [6.45, 7) is 8.99. The van der Waals surface area contributed by atoms with E-state index in [9.17, 15) is 21.6 Å². The van der Waals surface area contributed by atoms with Crippen molar-refractivity contribution in [2.24, 2.45) is 0 Å². The second kappa shape index (κ2) is 14.0. The molecule has 3 aromatic rings. The molecule has 240 valence electrons. The Morgan fingerprint density at radius 3 is 2.53 bits per heavy atom. The second-order valence-electron chi connectivity index (χ2n) is 11.3. The van der Waals surface area contributed by atoms with Crippen LogP contribution in [-0.2, 0) is 21.1 Å². The summed E-state index contributed by atoms with van der Waals surface area (Å²) in [6, 6.07) is 12.0. The van der Waals surface area contributed by atoms with E-state index in [-0.39, 0.29) is 35.7 Å². The number of fused-ring (bicyclic) bond motifs is 1. The summed E-state index contributed by atoms with van der Waals surface area (Å²) >= 11 is 0. The van der Waals surface area contributed by atoms with Crippen molar-refractivity contribution in [3.8, 4) is 17.6 Å². The van der Waals surface area contributed by atoms with Gasteiger partial charge >= 0.3 is 12.9 Å². The number of anilines is 2. The van der Waals surface area contributed by atoms with E-state index in [1.807, 2.05) is 6.07 Å². The smallest absolute Gasteiger partial charge is 0.406 e. The van der Waals surface area contributed by atoms with Crippen LogP contribution in [0.2, 0.25) is 0 Å². The molecule has 2 N–H and O–H groups in total. The summed E-state index contributed by atoms with van der Waals surface area (Å²) in [7, 11) is -3.50. The van der Waals surface area contributed by atoms with Crippen LogP contribution in [0.3, 0.4) is 0 Å². The predicted octanol–water partition coefficient (Wildman–Crippen LogP) is 5.38.